The third-order valence-corrected chi connectivity index (χ3v) is 1.22. The van der Waals surface area contributed by atoms with Crippen LogP contribution in [0.5, 0.6) is 6.01 Å². The minimum atomic E-state index is -0.643. The summed E-state index contributed by atoms with van der Waals surface area (Å²) in [5.74, 6) is -0.643. The van der Waals surface area contributed by atoms with Crippen LogP contribution in [0, 0.1) is 5.82 Å². The normalized spacial score (nSPS) is 9.73. The van der Waals surface area contributed by atoms with Crippen LogP contribution in [0.15, 0.2) is 6.20 Å². The van der Waals surface area contributed by atoms with Gasteiger partial charge >= 0.3 is 6.01 Å². The average Bonchev–Trinajstić information content (AvgIpc) is 1.98. The zero-order valence-corrected chi connectivity index (χ0v) is 6.60. The van der Waals surface area contributed by atoms with E-state index < -0.39 is 5.82 Å². The summed E-state index contributed by atoms with van der Waals surface area (Å²) >= 11 is 5.34. The lowest BCUT2D eigenvalue weighted by Crippen LogP contribution is -1.98. The Hall–Kier alpha value is -0.900. The van der Waals surface area contributed by atoms with Gasteiger partial charge in [0.15, 0.2) is 11.0 Å². The van der Waals surface area contributed by atoms with E-state index in [2.05, 4.69) is 9.97 Å². The Bertz CT molecular complexity index is 256. The van der Waals surface area contributed by atoms with E-state index in [1.165, 1.54) is 0 Å². The van der Waals surface area contributed by atoms with Gasteiger partial charge in [-0.05, 0) is 6.92 Å². The molecule has 0 radical (unpaired) electrons. The second-order valence-electron chi connectivity index (χ2n) is 1.72. The van der Waals surface area contributed by atoms with Crippen molar-refractivity contribution in [3.63, 3.8) is 0 Å². The molecule has 0 amide bonds. The van der Waals surface area contributed by atoms with Gasteiger partial charge in [-0.25, -0.2) is 9.37 Å². The molecule has 0 atom stereocenters. The zero-order valence-electron chi connectivity index (χ0n) is 5.84. The quantitative estimate of drug-likeness (QED) is 0.643. The Morgan fingerprint density at radius 2 is 2.45 bits per heavy atom. The van der Waals surface area contributed by atoms with Gasteiger partial charge in [-0.3, -0.25) is 0 Å². The Morgan fingerprint density at radius 3 is 3.00 bits per heavy atom. The summed E-state index contributed by atoms with van der Waals surface area (Å²) in [6.07, 6.45) is 0.973. The van der Waals surface area contributed by atoms with Gasteiger partial charge in [0.2, 0.25) is 0 Å². The summed E-state index contributed by atoms with van der Waals surface area (Å²) in [7, 11) is 0. The molecule has 0 bridgehead atoms. The predicted octanol–water partition coefficient (Wildman–Crippen LogP) is 1.67. The minimum Gasteiger partial charge on any atom is -0.464 e. The molecule has 0 unspecified atom stereocenters. The highest BCUT2D eigenvalue weighted by Gasteiger charge is 2.03. The maximum atomic E-state index is 12.4. The van der Waals surface area contributed by atoms with Crippen LogP contribution in [0.2, 0.25) is 5.15 Å². The molecule has 1 rings (SSSR count). The van der Waals surface area contributed by atoms with Crippen LogP contribution in [0.4, 0.5) is 4.39 Å². The number of ether oxygens (including phenoxy) is 1. The molecule has 0 fully saturated rings. The zero-order chi connectivity index (χ0) is 8.27. The molecule has 0 saturated heterocycles. The first kappa shape index (κ1) is 8.20. The molecule has 0 aromatic carbocycles. The second kappa shape index (κ2) is 3.48. The fraction of sp³-hybridized carbons (Fsp3) is 0.333. The van der Waals surface area contributed by atoms with Gasteiger partial charge in [-0.15, -0.1) is 0 Å². The smallest absolute Gasteiger partial charge is 0.317 e. The second-order valence-corrected chi connectivity index (χ2v) is 2.08. The van der Waals surface area contributed by atoms with Crippen LogP contribution >= 0.6 is 11.6 Å². The first-order valence-electron chi connectivity index (χ1n) is 3.05. The van der Waals surface area contributed by atoms with Crippen LogP contribution in [0.1, 0.15) is 6.92 Å². The van der Waals surface area contributed by atoms with E-state index in [1.807, 2.05) is 0 Å². The highest BCUT2D eigenvalue weighted by Crippen LogP contribution is 2.12. The van der Waals surface area contributed by atoms with Crippen LogP contribution in [-0.2, 0) is 0 Å². The van der Waals surface area contributed by atoms with Crippen LogP contribution in [-0.4, -0.2) is 16.6 Å². The van der Waals surface area contributed by atoms with Crippen molar-refractivity contribution in [3.8, 4) is 6.01 Å². The van der Waals surface area contributed by atoms with Crippen molar-refractivity contribution in [2.75, 3.05) is 6.61 Å². The van der Waals surface area contributed by atoms with Gasteiger partial charge in [0, 0.05) is 0 Å². The van der Waals surface area contributed by atoms with Gasteiger partial charge in [0.05, 0.1) is 12.8 Å². The lowest BCUT2D eigenvalue weighted by Gasteiger charge is -1.99. The number of rotatable bonds is 2. The molecule has 3 nitrogen and oxygen atoms in total. The third-order valence-electron chi connectivity index (χ3n) is 0.953. The van der Waals surface area contributed by atoms with Crippen molar-refractivity contribution in [1.82, 2.24) is 9.97 Å². The van der Waals surface area contributed by atoms with E-state index in [0.717, 1.165) is 6.20 Å². The van der Waals surface area contributed by atoms with Gasteiger partial charge in [0.1, 0.15) is 0 Å². The van der Waals surface area contributed by atoms with E-state index in [1.54, 1.807) is 6.92 Å². The van der Waals surface area contributed by atoms with Gasteiger partial charge < -0.3 is 4.74 Å². The van der Waals surface area contributed by atoms with Gasteiger partial charge in [0.25, 0.3) is 0 Å². The molecule has 1 aromatic rings. The molecule has 0 aliphatic carbocycles. The van der Waals surface area contributed by atoms with E-state index >= 15 is 0 Å². The van der Waals surface area contributed by atoms with Gasteiger partial charge in [-0.1, -0.05) is 11.6 Å². The lowest BCUT2D eigenvalue weighted by molar-refractivity contribution is 0.310. The van der Waals surface area contributed by atoms with Crippen LogP contribution in [0.3, 0.4) is 0 Å². The molecule has 0 aliphatic heterocycles. The van der Waals surface area contributed by atoms with Crippen LogP contribution in [0.25, 0.3) is 0 Å². The van der Waals surface area contributed by atoms with Crippen molar-refractivity contribution in [2.24, 2.45) is 0 Å². The summed E-state index contributed by atoms with van der Waals surface area (Å²) in [4.78, 5) is 7.06. The summed E-state index contributed by atoms with van der Waals surface area (Å²) in [6, 6.07) is 0.0962. The highest BCUT2D eigenvalue weighted by molar-refractivity contribution is 6.29. The molecular formula is C6H6ClFN2O. The summed E-state index contributed by atoms with van der Waals surface area (Å²) in [6.45, 7) is 2.21. The fourth-order valence-electron chi connectivity index (χ4n) is 0.530. The van der Waals surface area contributed by atoms with E-state index in [-0.39, 0.29) is 11.2 Å². The summed E-state index contributed by atoms with van der Waals surface area (Å²) in [5.41, 5.74) is 0. The molecule has 0 aliphatic rings. The SMILES string of the molecule is CCOc1ncc(F)c(Cl)n1. The molecular weight excluding hydrogens is 171 g/mol. The van der Waals surface area contributed by atoms with E-state index in [0.29, 0.717) is 6.61 Å². The van der Waals surface area contributed by atoms with Gasteiger partial charge in [-0.2, -0.15) is 4.98 Å². The molecule has 0 saturated carbocycles. The largest absolute Gasteiger partial charge is 0.464 e. The van der Waals surface area contributed by atoms with Crippen LogP contribution < -0.4 is 4.74 Å². The maximum Gasteiger partial charge on any atom is 0.317 e. The van der Waals surface area contributed by atoms with Crippen molar-refractivity contribution < 1.29 is 9.13 Å². The topological polar surface area (TPSA) is 35.0 Å². The number of halogens is 2. The Morgan fingerprint density at radius 1 is 1.73 bits per heavy atom. The van der Waals surface area contributed by atoms with Crippen molar-refractivity contribution in [3.05, 3.63) is 17.2 Å². The van der Waals surface area contributed by atoms with Crippen molar-refractivity contribution in [2.45, 2.75) is 6.92 Å². The first-order chi connectivity index (χ1) is 5.24. The standard InChI is InChI=1S/C6H6ClFN2O/c1-2-11-6-9-3-4(8)5(7)10-6/h3H,2H2,1H3. The number of hydrogen-bond donors (Lipinski definition) is 0. The molecule has 5 heteroatoms. The molecule has 1 aromatic heterocycles. The third kappa shape index (κ3) is 2.01. The number of hydrogen-bond acceptors (Lipinski definition) is 3. The first-order valence-corrected chi connectivity index (χ1v) is 3.42. The molecule has 0 N–H and O–H groups in total. The minimum absolute atomic E-state index is 0.0962. The summed E-state index contributed by atoms with van der Waals surface area (Å²) in [5, 5.41) is -0.219. The van der Waals surface area contributed by atoms with E-state index in [9.17, 15) is 4.39 Å². The highest BCUT2D eigenvalue weighted by atomic mass is 35.5. The van der Waals surface area contributed by atoms with Crippen molar-refractivity contribution in [1.29, 1.82) is 0 Å². The average molecular weight is 177 g/mol. The lowest BCUT2D eigenvalue weighted by atomic mass is 10.6. The molecule has 11 heavy (non-hydrogen) atoms. The van der Waals surface area contributed by atoms with E-state index in [4.69, 9.17) is 16.3 Å². The molecule has 60 valence electrons. The predicted molar refractivity (Wildman–Crippen MR) is 38.2 cm³/mol. The number of nitrogens with zero attached hydrogens (tertiary/aromatic N) is 2. The maximum absolute atomic E-state index is 12.4. The summed E-state index contributed by atoms with van der Waals surface area (Å²) < 4.78 is 17.3. The molecule has 0 spiro atoms. The Kier molecular flexibility index (Phi) is 2.59. The van der Waals surface area contributed by atoms with Crippen molar-refractivity contribution >= 4 is 11.6 Å². The number of aromatic nitrogens is 2. The monoisotopic (exact) mass is 176 g/mol. The fourth-order valence-corrected chi connectivity index (χ4v) is 0.651. The molecule has 1 heterocycles. The Labute approximate surface area is 68.2 Å². The Balaban J connectivity index is 2.86.